The predicted octanol–water partition coefficient (Wildman–Crippen LogP) is 13.6. The molecule has 1 N–H and O–H groups in total. The molecule has 0 aliphatic heterocycles. The van der Waals surface area contributed by atoms with Gasteiger partial charge in [0.25, 0.3) is 0 Å². The van der Waals surface area contributed by atoms with E-state index in [-0.39, 0.29) is 5.41 Å². The third kappa shape index (κ3) is 7.82. The zero-order valence-electron chi connectivity index (χ0n) is 31.2. The molecule has 6 aromatic rings. The molecule has 0 amide bonds. The van der Waals surface area contributed by atoms with E-state index in [9.17, 15) is 0 Å². The van der Waals surface area contributed by atoms with Gasteiger partial charge in [0.2, 0.25) is 0 Å². The van der Waals surface area contributed by atoms with E-state index in [1.165, 1.54) is 129 Å². The van der Waals surface area contributed by atoms with Crippen LogP contribution in [0.5, 0.6) is 0 Å². The van der Waals surface area contributed by atoms with Gasteiger partial charge in [-0.1, -0.05) is 176 Å². The number of aromatic amines is 1. The summed E-state index contributed by atoms with van der Waals surface area (Å²) in [5.41, 5.74) is 12.9. The second kappa shape index (κ2) is 17.1. The number of pyridine rings is 1. The lowest BCUT2D eigenvalue weighted by molar-refractivity contribution is 0.398. The second-order valence-electron chi connectivity index (χ2n) is 14.8. The molecule has 0 radical (unpaired) electrons. The third-order valence-corrected chi connectivity index (χ3v) is 11.3. The number of hydrogen-bond donors (Lipinski definition) is 1. The van der Waals surface area contributed by atoms with Crippen LogP contribution in [0.25, 0.3) is 56.3 Å². The zero-order valence-corrected chi connectivity index (χ0v) is 31.2. The van der Waals surface area contributed by atoms with Crippen LogP contribution in [0, 0.1) is 0 Å². The van der Waals surface area contributed by atoms with Crippen molar-refractivity contribution in [3.8, 4) is 56.3 Å². The molecule has 4 heteroatoms. The molecule has 4 aromatic carbocycles. The molecular weight excluding hydrogens is 633 g/mol. The molecule has 0 atom stereocenters. The molecule has 52 heavy (non-hydrogen) atoms. The number of nitrogens with zero attached hydrogens (tertiary/aromatic N) is 3. The van der Waals surface area contributed by atoms with Gasteiger partial charge in [0.05, 0.1) is 0 Å². The summed E-state index contributed by atoms with van der Waals surface area (Å²) in [6, 6.07) is 40.2. The van der Waals surface area contributed by atoms with Gasteiger partial charge >= 0.3 is 0 Å². The van der Waals surface area contributed by atoms with Crippen molar-refractivity contribution < 1.29 is 0 Å². The van der Waals surface area contributed by atoms with E-state index < -0.39 is 0 Å². The normalized spacial score (nSPS) is 12.9. The summed E-state index contributed by atoms with van der Waals surface area (Å²) in [4.78, 5) is 9.17. The summed E-state index contributed by atoms with van der Waals surface area (Å²) < 4.78 is 0. The third-order valence-electron chi connectivity index (χ3n) is 11.3. The highest BCUT2D eigenvalue weighted by Crippen LogP contribution is 2.55. The maximum Gasteiger partial charge on any atom is 0.181 e. The van der Waals surface area contributed by atoms with Crippen LogP contribution in [0.4, 0.5) is 0 Å². The van der Waals surface area contributed by atoms with Crippen molar-refractivity contribution in [2.75, 3.05) is 0 Å². The molecule has 1 aliphatic rings. The zero-order chi connectivity index (χ0) is 35.6. The van der Waals surface area contributed by atoms with Crippen LogP contribution >= 0.6 is 0 Å². The van der Waals surface area contributed by atoms with Crippen LogP contribution in [0.1, 0.15) is 115 Å². The number of unbranched alkanes of at least 4 members (excludes halogenated alkanes) is 10. The Balaban J connectivity index is 1.23. The highest BCUT2D eigenvalue weighted by Gasteiger charge is 2.42. The Hall–Kier alpha value is -4.83. The Bertz CT molecular complexity index is 1990. The van der Waals surface area contributed by atoms with Gasteiger partial charge in [-0.15, -0.1) is 0 Å². The van der Waals surface area contributed by atoms with E-state index in [2.05, 4.69) is 120 Å². The average Bonchev–Trinajstić information content (AvgIpc) is 3.80. The first-order valence-corrected chi connectivity index (χ1v) is 20.0. The number of rotatable bonds is 18. The fraction of sp³-hybridized carbons (Fsp3) is 0.354. The van der Waals surface area contributed by atoms with Crippen molar-refractivity contribution in [2.24, 2.45) is 0 Å². The van der Waals surface area contributed by atoms with Gasteiger partial charge in [-0.3, -0.25) is 10.1 Å². The Labute approximate surface area is 311 Å². The Morgan fingerprint density at radius 2 is 1.02 bits per heavy atom. The van der Waals surface area contributed by atoms with E-state index in [1.54, 1.807) is 11.8 Å². The highest BCUT2D eigenvalue weighted by atomic mass is 15.2. The smallest absolute Gasteiger partial charge is 0.181 e. The Kier molecular flexibility index (Phi) is 11.7. The van der Waals surface area contributed by atoms with Gasteiger partial charge in [0.1, 0.15) is 5.69 Å². The van der Waals surface area contributed by atoms with Crippen molar-refractivity contribution in [3.05, 3.63) is 127 Å². The van der Waals surface area contributed by atoms with Crippen molar-refractivity contribution in [1.82, 2.24) is 20.2 Å². The van der Waals surface area contributed by atoms with Crippen molar-refractivity contribution in [2.45, 2.75) is 109 Å². The summed E-state index contributed by atoms with van der Waals surface area (Å²) in [5, 5.41) is 7.58. The van der Waals surface area contributed by atoms with Crippen LogP contribution in [-0.4, -0.2) is 20.2 Å². The fourth-order valence-corrected chi connectivity index (χ4v) is 8.38. The van der Waals surface area contributed by atoms with Gasteiger partial charge in [0, 0.05) is 17.2 Å². The van der Waals surface area contributed by atoms with E-state index in [0.29, 0.717) is 11.6 Å². The summed E-state index contributed by atoms with van der Waals surface area (Å²) in [5.74, 6) is 1.36. The van der Waals surface area contributed by atoms with E-state index >= 15 is 0 Å². The minimum absolute atomic E-state index is 0.0156. The Morgan fingerprint density at radius 1 is 0.500 bits per heavy atom. The van der Waals surface area contributed by atoms with Crippen molar-refractivity contribution >= 4 is 0 Å². The monoisotopic (exact) mass is 686 g/mol. The molecule has 4 nitrogen and oxygen atoms in total. The van der Waals surface area contributed by atoms with Crippen LogP contribution in [0.2, 0.25) is 0 Å². The molecule has 2 aromatic heterocycles. The first kappa shape index (κ1) is 35.6. The molecule has 0 fully saturated rings. The first-order chi connectivity index (χ1) is 25.7. The van der Waals surface area contributed by atoms with Gasteiger partial charge < -0.3 is 0 Å². The summed E-state index contributed by atoms with van der Waals surface area (Å²) in [6.45, 7) is 4.62. The molecular formula is C48H54N4. The molecule has 0 bridgehead atoms. The first-order valence-electron chi connectivity index (χ1n) is 20.0. The maximum absolute atomic E-state index is 4.75. The molecule has 1 aliphatic carbocycles. The average molecular weight is 687 g/mol. The van der Waals surface area contributed by atoms with Gasteiger partial charge in [0.15, 0.2) is 11.6 Å². The van der Waals surface area contributed by atoms with Crippen LogP contribution in [0.3, 0.4) is 0 Å². The molecule has 0 spiro atoms. The van der Waals surface area contributed by atoms with Crippen molar-refractivity contribution in [3.63, 3.8) is 0 Å². The highest BCUT2D eigenvalue weighted by molar-refractivity contribution is 5.86. The maximum atomic E-state index is 4.75. The number of hydrogen-bond acceptors (Lipinski definition) is 3. The molecule has 0 saturated carbocycles. The summed E-state index contributed by atoms with van der Waals surface area (Å²) >= 11 is 0. The molecule has 266 valence electrons. The summed E-state index contributed by atoms with van der Waals surface area (Å²) in [7, 11) is 0. The molecule has 0 unspecified atom stereocenters. The lowest BCUT2D eigenvalue weighted by atomic mass is 9.70. The van der Waals surface area contributed by atoms with Gasteiger partial charge in [-0.05, 0) is 81.6 Å². The Morgan fingerprint density at radius 3 is 1.60 bits per heavy atom. The number of nitrogens with one attached hydrogen (secondary N) is 1. The van der Waals surface area contributed by atoms with E-state index in [0.717, 1.165) is 11.3 Å². The largest absolute Gasteiger partial charge is 0.257 e. The van der Waals surface area contributed by atoms with Crippen molar-refractivity contribution in [1.29, 1.82) is 0 Å². The topological polar surface area (TPSA) is 54.5 Å². The quantitative estimate of drug-likeness (QED) is 0.0916. The summed E-state index contributed by atoms with van der Waals surface area (Å²) in [6.07, 6.45) is 20.0. The van der Waals surface area contributed by atoms with Crippen LogP contribution in [0.15, 0.2) is 115 Å². The van der Waals surface area contributed by atoms with E-state index in [4.69, 9.17) is 4.98 Å². The van der Waals surface area contributed by atoms with Gasteiger partial charge in [-0.25, -0.2) is 4.98 Å². The SMILES string of the molecule is CCCCCCCCC1(CCCCCCCC)c2cc(-c3ccccc3)ccc2-c2ccc(-c3ccc(-c4n[nH]c(-c5ccccn5)n4)cc3)cc21. The number of aromatic nitrogens is 4. The lowest BCUT2D eigenvalue weighted by Gasteiger charge is -2.33. The molecule has 0 saturated heterocycles. The molecule has 7 rings (SSSR count). The second-order valence-corrected chi connectivity index (χ2v) is 14.8. The number of benzene rings is 4. The fourth-order valence-electron chi connectivity index (χ4n) is 8.38. The predicted molar refractivity (Wildman–Crippen MR) is 218 cm³/mol. The lowest BCUT2D eigenvalue weighted by Crippen LogP contribution is -2.25. The number of fused-ring (bicyclic) bond motifs is 3. The molecule has 2 heterocycles. The minimum atomic E-state index is 0.0156. The van der Waals surface area contributed by atoms with Crippen LogP contribution in [-0.2, 0) is 5.41 Å². The van der Waals surface area contributed by atoms with Gasteiger partial charge in [-0.2, -0.15) is 5.10 Å². The minimum Gasteiger partial charge on any atom is -0.257 e. The standard InChI is InChI=1S/C48H54N4/c1-3-5-7-9-11-17-31-48(32-18-12-10-8-6-4-2)43-34-39(36-20-14-13-15-21-36)27-29-41(43)42-30-28-40(35-44(42)48)37-23-25-38(26-24-37)46-50-47(52-51-46)45-22-16-19-33-49-45/h13-16,19-30,33-35H,3-12,17-18,31-32H2,1-2H3,(H,50,51,52). The van der Waals surface area contributed by atoms with E-state index in [1.807, 2.05) is 18.2 Å². The number of H-pyrrole nitrogens is 1. The van der Waals surface area contributed by atoms with Crippen LogP contribution < -0.4 is 0 Å².